The first-order valence-electron chi connectivity index (χ1n) is 3.99. The number of halogens is 1. The molecule has 3 N–H and O–H groups in total. The van der Waals surface area contributed by atoms with Crippen molar-refractivity contribution in [3.05, 3.63) is 16.7 Å². The van der Waals surface area contributed by atoms with Gasteiger partial charge in [0.2, 0.25) is 5.95 Å². The van der Waals surface area contributed by atoms with E-state index in [1.54, 1.807) is 0 Å². The van der Waals surface area contributed by atoms with Gasteiger partial charge in [0.1, 0.15) is 6.67 Å². The summed E-state index contributed by atoms with van der Waals surface area (Å²) in [7, 11) is 0. The second-order valence-corrected chi connectivity index (χ2v) is 2.75. The standard InChI is InChI=1S/C7H8FN5O/c8-1-2-13-3-10-5-4(13)6(14)12-7(9)11-5/h3H,1-2H2,(H3,9,11,12,14). The molecule has 0 amide bonds. The lowest BCUT2D eigenvalue weighted by Crippen LogP contribution is -2.14. The van der Waals surface area contributed by atoms with E-state index in [1.807, 2.05) is 0 Å². The lowest BCUT2D eigenvalue weighted by molar-refractivity contribution is 0.449. The number of imidazole rings is 1. The van der Waals surface area contributed by atoms with Crippen LogP contribution in [0.15, 0.2) is 11.1 Å². The van der Waals surface area contributed by atoms with E-state index in [0.29, 0.717) is 0 Å². The molecule has 2 rings (SSSR count). The second kappa shape index (κ2) is 3.09. The van der Waals surface area contributed by atoms with Crippen molar-refractivity contribution in [3.63, 3.8) is 0 Å². The van der Waals surface area contributed by atoms with Crippen molar-refractivity contribution < 1.29 is 4.39 Å². The lowest BCUT2D eigenvalue weighted by Gasteiger charge is -1.98. The first-order chi connectivity index (χ1) is 6.72. The monoisotopic (exact) mass is 197 g/mol. The van der Waals surface area contributed by atoms with Crippen LogP contribution in [0.5, 0.6) is 0 Å². The molecule has 2 heterocycles. The third kappa shape index (κ3) is 1.22. The third-order valence-corrected chi connectivity index (χ3v) is 1.83. The van der Waals surface area contributed by atoms with Crippen molar-refractivity contribution in [3.8, 4) is 0 Å². The minimum Gasteiger partial charge on any atom is -0.369 e. The van der Waals surface area contributed by atoms with Gasteiger partial charge in [-0.3, -0.25) is 9.78 Å². The van der Waals surface area contributed by atoms with E-state index in [9.17, 15) is 9.18 Å². The van der Waals surface area contributed by atoms with Crippen molar-refractivity contribution in [1.29, 1.82) is 0 Å². The highest BCUT2D eigenvalue weighted by atomic mass is 19.1. The van der Waals surface area contributed by atoms with Crippen LogP contribution in [0.4, 0.5) is 10.3 Å². The van der Waals surface area contributed by atoms with E-state index >= 15 is 0 Å². The molecule has 0 spiro atoms. The molecule has 0 saturated carbocycles. The maximum atomic E-state index is 12.1. The number of nitrogens with two attached hydrogens (primary N) is 1. The lowest BCUT2D eigenvalue weighted by atomic mass is 10.5. The molecule has 74 valence electrons. The van der Waals surface area contributed by atoms with Crippen molar-refractivity contribution in [2.75, 3.05) is 12.4 Å². The Morgan fingerprint density at radius 3 is 3.14 bits per heavy atom. The summed E-state index contributed by atoms with van der Waals surface area (Å²) in [6, 6.07) is 0. The van der Waals surface area contributed by atoms with Crippen LogP contribution in [0.2, 0.25) is 0 Å². The van der Waals surface area contributed by atoms with Gasteiger partial charge in [-0.05, 0) is 0 Å². The molecule has 0 aromatic carbocycles. The number of hydrogen-bond acceptors (Lipinski definition) is 4. The molecular formula is C7H8FN5O. The van der Waals surface area contributed by atoms with Gasteiger partial charge < -0.3 is 10.3 Å². The number of fused-ring (bicyclic) bond motifs is 1. The van der Waals surface area contributed by atoms with E-state index < -0.39 is 12.2 Å². The molecule has 2 aromatic rings. The summed E-state index contributed by atoms with van der Waals surface area (Å²) in [5, 5.41) is 0. The minimum atomic E-state index is -0.560. The quantitative estimate of drug-likeness (QED) is 0.689. The molecule has 0 atom stereocenters. The average molecular weight is 197 g/mol. The highest BCUT2D eigenvalue weighted by Gasteiger charge is 2.08. The zero-order valence-electron chi connectivity index (χ0n) is 7.20. The van der Waals surface area contributed by atoms with Gasteiger partial charge in [-0.15, -0.1) is 0 Å². The normalized spacial score (nSPS) is 10.9. The van der Waals surface area contributed by atoms with Gasteiger partial charge >= 0.3 is 0 Å². The van der Waals surface area contributed by atoms with Gasteiger partial charge in [-0.25, -0.2) is 9.37 Å². The zero-order valence-corrected chi connectivity index (χ0v) is 7.20. The SMILES string of the molecule is Nc1nc2ncn(CCF)c2c(=O)[nH]1. The summed E-state index contributed by atoms with van der Waals surface area (Å²) in [4.78, 5) is 21.4. The predicted molar refractivity (Wildman–Crippen MR) is 48.5 cm³/mol. The van der Waals surface area contributed by atoms with Gasteiger partial charge in [0, 0.05) is 0 Å². The van der Waals surface area contributed by atoms with E-state index in [2.05, 4.69) is 15.0 Å². The Morgan fingerprint density at radius 2 is 2.43 bits per heavy atom. The number of rotatable bonds is 2. The first kappa shape index (κ1) is 8.67. The van der Waals surface area contributed by atoms with Crippen molar-refractivity contribution >= 4 is 17.1 Å². The average Bonchev–Trinajstić information content (AvgIpc) is 2.49. The maximum Gasteiger partial charge on any atom is 0.278 e. The van der Waals surface area contributed by atoms with Gasteiger partial charge in [0.05, 0.1) is 12.9 Å². The second-order valence-electron chi connectivity index (χ2n) is 2.75. The smallest absolute Gasteiger partial charge is 0.278 e. The van der Waals surface area contributed by atoms with E-state index in [1.165, 1.54) is 10.9 Å². The Labute approximate surface area is 77.6 Å². The van der Waals surface area contributed by atoms with E-state index in [-0.39, 0.29) is 23.7 Å². The highest BCUT2D eigenvalue weighted by Crippen LogP contribution is 2.05. The molecule has 0 radical (unpaired) electrons. The largest absolute Gasteiger partial charge is 0.369 e. The number of H-pyrrole nitrogens is 1. The highest BCUT2D eigenvalue weighted by molar-refractivity contribution is 5.70. The fraction of sp³-hybridized carbons (Fsp3) is 0.286. The Morgan fingerprint density at radius 1 is 1.64 bits per heavy atom. The summed E-state index contributed by atoms with van der Waals surface area (Å²) >= 11 is 0. The Bertz CT molecular complexity index is 516. The molecule has 0 unspecified atom stereocenters. The topological polar surface area (TPSA) is 89.6 Å². The van der Waals surface area contributed by atoms with Gasteiger partial charge in [-0.2, -0.15) is 4.98 Å². The molecule has 0 aliphatic rings. The van der Waals surface area contributed by atoms with Gasteiger partial charge in [-0.1, -0.05) is 0 Å². The number of aryl methyl sites for hydroxylation is 1. The Balaban J connectivity index is 2.73. The zero-order chi connectivity index (χ0) is 10.1. The molecule has 0 aliphatic carbocycles. The van der Waals surface area contributed by atoms with Crippen LogP contribution in [0.25, 0.3) is 11.2 Å². The van der Waals surface area contributed by atoms with Gasteiger partial charge in [0.15, 0.2) is 11.2 Å². The van der Waals surface area contributed by atoms with E-state index in [4.69, 9.17) is 5.73 Å². The summed E-state index contributed by atoms with van der Waals surface area (Å²) in [6.45, 7) is -0.472. The molecule has 14 heavy (non-hydrogen) atoms. The fourth-order valence-electron chi connectivity index (χ4n) is 1.26. The molecule has 6 nitrogen and oxygen atoms in total. The number of alkyl halides is 1. The van der Waals surface area contributed by atoms with Crippen molar-refractivity contribution in [2.45, 2.75) is 6.54 Å². The van der Waals surface area contributed by atoms with Crippen LogP contribution in [0, 0.1) is 0 Å². The van der Waals surface area contributed by atoms with Crippen LogP contribution in [-0.2, 0) is 6.54 Å². The number of aromatic nitrogens is 4. The minimum absolute atomic E-state index is 0.00741. The Hall–Kier alpha value is -1.92. The van der Waals surface area contributed by atoms with Crippen LogP contribution in [0.1, 0.15) is 0 Å². The predicted octanol–water partition coefficient (Wildman–Crippen LogP) is -0.329. The molecule has 2 aromatic heterocycles. The number of nitrogens with one attached hydrogen (secondary N) is 1. The van der Waals surface area contributed by atoms with Crippen LogP contribution in [-0.4, -0.2) is 26.2 Å². The van der Waals surface area contributed by atoms with Crippen LogP contribution < -0.4 is 11.3 Å². The number of anilines is 1. The van der Waals surface area contributed by atoms with E-state index in [0.717, 1.165) is 0 Å². The van der Waals surface area contributed by atoms with Gasteiger partial charge in [0.25, 0.3) is 5.56 Å². The number of nitrogens with zero attached hydrogens (tertiary/aromatic N) is 3. The molecule has 0 aliphatic heterocycles. The number of nitrogen functional groups attached to an aromatic ring is 1. The summed E-state index contributed by atoms with van der Waals surface area (Å²) in [6.07, 6.45) is 1.37. The van der Waals surface area contributed by atoms with Crippen LogP contribution >= 0.6 is 0 Å². The molecule has 0 fully saturated rings. The molecule has 0 saturated heterocycles. The maximum absolute atomic E-state index is 12.1. The molecule has 7 heteroatoms. The number of aromatic amines is 1. The van der Waals surface area contributed by atoms with Crippen LogP contribution in [0.3, 0.4) is 0 Å². The summed E-state index contributed by atoms with van der Waals surface area (Å²) in [5.74, 6) is 0.00741. The molecule has 0 bridgehead atoms. The van der Waals surface area contributed by atoms with Crippen molar-refractivity contribution in [2.24, 2.45) is 0 Å². The fourth-order valence-corrected chi connectivity index (χ4v) is 1.26. The summed E-state index contributed by atoms with van der Waals surface area (Å²) < 4.78 is 13.5. The third-order valence-electron chi connectivity index (χ3n) is 1.83. The number of hydrogen-bond donors (Lipinski definition) is 2. The summed E-state index contributed by atoms with van der Waals surface area (Å²) in [5.41, 5.74) is 5.40. The Kier molecular flexibility index (Phi) is 1.91. The van der Waals surface area contributed by atoms with Crippen molar-refractivity contribution in [1.82, 2.24) is 19.5 Å². The molecular weight excluding hydrogens is 189 g/mol. The first-order valence-corrected chi connectivity index (χ1v) is 3.99.